The van der Waals surface area contributed by atoms with Crippen molar-refractivity contribution in [2.45, 2.75) is 18.4 Å². The van der Waals surface area contributed by atoms with Crippen LogP contribution in [0.15, 0.2) is 36.4 Å². The molecule has 27 heavy (non-hydrogen) atoms. The zero-order valence-corrected chi connectivity index (χ0v) is 15.2. The summed E-state index contributed by atoms with van der Waals surface area (Å²) in [5, 5.41) is 15.2. The molecule has 1 heterocycles. The molecule has 8 heteroatoms. The Labute approximate surface area is 160 Å². The normalized spacial score (nSPS) is 18.9. The van der Waals surface area contributed by atoms with Gasteiger partial charge >= 0.3 is 5.97 Å². The molecular weight excluding hydrogens is 375 g/mol. The maximum Gasteiger partial charge on any atom is 0.335 e. The third-order valence-electron chi connectivity index (χ3n) is 4.56. The van der Waals surface area contributed by atoms with Crippen LogP contribution >= 0.6 is 11.6 Å². The lowest BCUT2D eigenvalue weighted by Crippen LogP contribution is -2.35. The molecule has 0 aromatic heterocycles. The maximum absolute atomic E-state index is 14.1. The Morgan fingerprint density at radius 2 is 2.07 bits per heavy atom. The highest BCUT2D eigenvalue weighted by Gasteiger charge is 2.32. The van der Waals surface area contributed by atoms with Gasteiger partial charge in [0.2, 0.25) is 5.91 Å². The summed E-state index contributed by atoms with van der Waals surface area (Å²) >= 11 is 5.78. The number of aromatic carboxylic acids is 1. The molecule has 1 amide bonds. The van der Waals surface area contributed by atoms with Crippen molar-refractivity contribution in [2.24, 2.45) is 0 Å². The monoisotopic (exact) mass is 392 g/mol. The molecule has 2 unspecified atom stereocenters. The lowest BCUT2D eigenvalue weighted by atomic mass is 9.95. The van der Waals surface area contributed by atoms with Crippen molar-refractivity contribution in [1.82, 2.24) is 5.32 Å². The number of carboxylic acids is 1. The van der Waals surface area contributed by atoms with E-state index in [2.05, 4.69) is 10.6 Å². The van der Waals surface area contributed by atoms with Gasteiger partial charge in [-0.15, -0.1) is 0 Å². The molecular formula is C19H18ClFN2O4. The molecule has 6 nitrogen and oxygen atoms in total. The third kappa shape index (κ3) is 4.20. The Morgan fingerprint density at radius 1 is 1.30 bits per heavy atom. The summed E-state index contributed by atoms with van der Waals surface area (Å²) < 4.78 is 19.3. The first-order valence-corrected chi connectivity index (χ1v) is 8.67. The number of nitrogens with one attached hydrogen (secondary N) is 2. The number of hydrogen-bond acceptors (Lipinski definition) is 4. The van der Waals surface area contributed by atoms with E-state index in [0.29, 0.717) is 29.2 Å². The van der Waals surface area contributed by atoms with Crippen molar-refractivity contribution >= 4 is 29.2 Å². The smallest absolute Gasteiger partial charge is 0.335 e. The fourth-order valence-corrected chi connectivity index (χ4v) is 3.31. The molecule has 142 valence electrons. The summed E-state index contributed by atoms with van der Waals surface area (Å²) in [7, 11) is 1.39. The molecule has 3 rings (SSSR count). The molecule has 1 saturated heterocycles. The number of halogens is 2. The molecule has 1 aliphatic heterocycles. The van der Waals surface area contributed by atoms with Gasteiger partial charge in [-0.1, -0.05) is 17.7 Å². The number of methoxy groups -OCH3 is 1. The second-order valence-electron chi connectivity index (χ2n) is 6.27. The van der Waals surface area contributed by atoms with Crippen LogP contribution in [-0.4, -0.2) is 36.7 Å². The van der Waals surface area contributed by atoms with Gasteiger partial charge in [0.05, 0.1) is 24.4 Å². The number of carbonyl (C=O) groups is 2. The first-order valence-electron chi connectivity index (χ1n) is 8.29. The summed E-state index contributed by atoms with van der Waals surface area (Å²) in [6.45, 7) is 0.464. The maximum atomic E-state index is 14.1. The number of anilines is 1. The second kappa shape index (κ2) is 7.94. The van der Waals surface area contributed by atoms with Gasteiger partial charge < -0.3 is 20.5 Å². The molecule has 2 aromatic carbocycles. The van der Waals surface area contributed by atoms with Crippen LogP contribution in [-0.2, 0) is 4.79 Å². The first-order chi connectivity index (χ1) is 12.9. The van der Waals surface area contributed by atoms with Crippen LogP contribution in [0, 0.1) is 5.82 Å². The summed E-state index contributed by atoms with van der Waals surface area (Å²) in [4.78, 5) is 23.6. The standard InChI is InChI=1S/C19H18ClFN2O4/c1-27-17-7-10(19(25)26)2-5-15(17)23-18(24)16-6-11(9-22-16)13-4-3-12(20)8-14(13)21/h2-5,7-8,11,16,22H,6,9H2,1H3,(H,23,24)(H,25,26). The highest BCUT2D eigenvalue weighted by atomic mass is 35.5. The van der Waals surface area contributed by atoms with Gasteiger partial charge in [0.25, 0.3) is 0 Å². The van der Waals surface area contributed by atoms with E-state index >= 15 is 0 Å². The van der Waals surface area contributed by atoms with Crippen LogP contribution in [0.2, 0.25) is 5.02 Å². The molecule has 1 aliphatic rings. The largest absolute Gasteiger partial charge is 0.495 e. The van der Waals surface area contributed by atoms with E-state index in [1.165, 1.54) is 31.4 Å². The van der Waals surface area contributed by atoms with Crippen LogP contribution in [0.5, 0.6) is 5.75 Å². The minimum absolute atomic E-state index is 0.0575. The number of rotatable bonds is 5. The fourth-order valence-electron chi connectivity index (χ4n) is 3.15. The van der Waals surface area contributed by atoms with Crippen molar-refractivity contribution in [3.05, 3.63) is 58.4 Å². The first kappa shape index (κ1) is 19.1. The average Bonchev–Trinajstić information content (AvgIpc) is 3.11. The van der Waals surface area contributed by atoms with E-state index in [1.54, 1.807) is 12.1 Å². The van der Waals surface area contributed by atoms with Gasteiger partial charge in [-0.05, 0) is 42.3 Å². The quantitative estimate of drug-likeness (QED) is 0.727. The molecule has 2 atom stereocenters. The third-order valence-corrected chi connectivity index (χ3v) is 4.79. The van der Waals surface area contributed by atoms with Gasteiger partial charge in [0, 0.05) is 17.5 Å². The fraction of sp³-hybridized carbons (Fsp3) is 0.263. The second-order valence-corrected chi connectivity index (χ2v) is 6.71. The summed E-state index contributed by atoms with van der Waals surface area (Å²) in [5.41, 5.74) is 0.947. The van der Waals surface area contributed by atoms with Crippen LogP contribution < -0.4 is 15.4 Å². The number of ether oxygens (including phenoxy) is 1. The summed E-state index contributed by atoms with van der Waals surface area (Å²) in [6, 6.07) is 8.22. The van der Waals surface area contributed by atoms with Crippen molar-refractivity contribution in [1.29, 1.82) is 0 Å². The SMILES string of the molecule is COc1cc(C(=O)O)ccc1NC(=O)C1CC(c2ccc(Cl)cc2F)CN1. The molecule has 0 spiro atoms. The highest BCUT2D eigenvalue weighted by Crippen LogP contribution is 2.31. The van der Waals surface area contributed by atoms with Crippen molar-refractivity contribution in [3.8, 4) is 5.75 Å². The number of benzene rings is 2. The van der Waals surface area contributed by atoms with E-state index in [4.69, 9.17) is 21.4 Å². The minimum atomic E-state index is -1.09. The van der Waals surface area contributed by atoms with Crippen LogP contribution in [0.1, 0.15) is 28.3 Å². The Morgan fingerprint density at radius 3 is 2.74 bits per heavy atom. The zero-order valence-electron chi connectivity index (χ0n) is 14.5. The number of amides is 1. The summed E-state index contributed by atoms with van der Waals surface area (Å²) in [6.07, 6.45) is 0.430. The Bertz CT molecular complexity index is 890. The van der Waals surface area contributed by atoms with Gasteiger partial charge in [-0.3, -0.25) is 4.79 Å². The molecule has 0 bridgehead atoms. The van der Waals surface area contributed by atoms with E-state index in [9.17, 15) is 14.0 Å². The van der Waals surface area contributed by atoms with E-state index < -0.39 is 12.0 Å². The Kier molecular flexibility index (Phi) is 5.62. The van der Waals surface area contributed by atoms with E-state index in [1.807, 2.05) is 0 Å². The van der Waals surface area contributed by atoms with E-state index in [-0.39, 0.29) is 29.0 Å². The van der Waals surface area contributed by atoms with Gasteiger partial charge in [-0.25, -0.2) is 9.18 Å². The predicted octanol–water partition coefficient (Wildman–Crippen LogP) is 3.27. The number of carboxylic acid groups (broad SMARTS) is 1. The van der Waals surface area contributed by atoms with Crippen LogP contribution in [0.3, 0.4) is 0 Å². The molecule has 0 aliphatic carbocycles. The molecule has 3 N–H and O–H groups in total. The van der Waals surface area contributed by atoms with Gasteiger partial charge in [-0.2, -0.15) is 0 Å². The van der Waals surface area contributed by atoms with E-state index in [0.717, 1.165) is 0 Å². The van der Waals surface area contributed by atoms with Crippen molar-refractivity contribution in [3.63, 3.8) is 0 Å². The molecule has 0 radical (unpaired) electrons. The topological polar surface area (TPSA) is 87.7 Å². The lowest BCUT2D eigenvalue weighted by Gasteiger charge is -2.15. The van der Waals surface area contributed by atoms with Gasteiger partial charge in [0.15, 0.2) is 0 Å². The highest BCUT2D eigenvalue weighted by molar-refractivity contribution is 6.30. The number of hydrogen-bond donors (Lipinski definition) is 3. The molecule has 2 aromatic rings. The van der Waals surface area contributed by atoms with Crippen molar-refractivity contribution in [2.75, 3.05) is 19.0 Å². The average molecular weight is 393 g/mol. The van der Waals surface area contributed by atoms with Crippen molar-refractivity contribution < 1.29 is 23.8 Å². The Hall–Kier alpha value is -2.64. The van der Waals surface area contributed by atoms with Crippen LogP contribution in [0.25, 0.3) is 0 Å². The zero-order chi connectivity index (χ0) is 19.6. The molecule has 1 fully saturated rings. The predicted molar refractivity (Wildman–Crippen MR) is 99.1 cm³/mol. The van der Waals surface area contributed by atoms with Crippen LogP contribution in [0.4, 0.5) is 10.1 Å². The van der Waals surface area contributed by atoms with Gasteiger partial charge in [0.1, 0.15) is 11.6 Å². The summed E-state index contributed by atoms with van der Waals surface area (Å²) in [5.74, 6) is -1.66. The lowest BCUT2D eigenvalue weighted by molar-refractivity contribution is -0.117. The minimum Gasteiger partial charge on any atom is -0.495 e. The molecule has 0 saturated carbocycles. The number of carbonyl (C=O) groups excluding carboxylic acids is 1. The Balaban J connectivity index is 1.70.